The molecule has 0 N–H and O–H groups in total. The van der Waals surface area contributed by atoms with E-state index < -0.39 is 11.9 Å². The number of ether oxygens (including phenoxy) is 2. The summed E-state index contributed by atoms with van der Waals surface area (Å²) in [6.07, 6.45) is -0.390. The highest BCUT2D eigenvalue weighted by atomic mass is 17.3. The Balaban J connectivity index is 1.85. The summed E-state index contributed by atoms with van der Waals surface area (Å²) >= 11 is 0. The molecule has 0 unspecified atom stereocenters. The fourth-order valence-corrected chi connectivity index (χ4v) is 1.86. The van der Waals surface area contributed by atoms with Crippen LogP contribution in [0.25, 0.3) is 0 Å². The van der Waals surface area contributed by atoms with Gasteiger partial charge in [0.2, 0.25) is 0 Å². The smallest absolute Gasteiger partial charge is 0.373 e. The van der Waals surface area contributed by atoms with Crippen LogP contribution in [0, 0.1) is 13.2 Å². The largest absolute Gasteiger partial charge is 0.497 e. The van der Waals surface area contributed by atoms with Gasteiger partial charge in [-0.05, 0) is 43.3 Å². The van der Waals surface area contributed by atoms with Gasteiger partial charge in [0.15, 0.2) is 0 Å². The fraction of sp³-hybridized carbons (Fsp3) is 0.158. The van der Waals surface area contributed by atoms with E-state index in [2.05, 4.69) is 16.7 Å². The van der Waals surface area contributed by atoms with E-state index in [1.54, 1.807) is 24.3 Å². The van der Waals surface area contributed by atoms with E-state index in [1.807, 2.05) is 0 Å². The van der Waals surface area contributed by atoms with Gasteiger partial charge in [0.05, 0.1) is 25.3 Å². The van der Waals surface area contributed by atoms with Crippen LogP contribution in [0.15, 0.2) is 48.5 Å². The molecule has 27 heavy (non-hydrogen) atoms. The highest BCUT2D eigenvalue weighted by Crippen LogP contribution is 2.18. The van der Waals surface area contributed by atoms with E-state index in [0.29, 0.717) is 11.5 Å². The van der Waals surface area contributed by atoms with Crippen LogP contribution in [-0.2, 0) is 19.6 Å². The summed E-state index contributed by atoms with van der Waals surface area (Å²) in [4.78, 5) is 42.7. The Morgan fingerprint density at radius 3 is 1.59 bits per heavy atom. The lowest BCUT2D eigenvalue weighted by molar-refractivity contribution is -0.362. The molecule has 8 nitrogen and oxygen atoms in total. The molecule has 0 bridgehead atoms. The second-order valence-electron chi connectivity index (χ2n) is 4.99. The van der Waals surface area contributed by atoms with Crippen molar-refractivity contribution in [3.05, 3.63) is 72.9 Å². The maximum atomic E-state index is 11.9. The molecule has 2 aromatic carbocycles. The molecule has 0 aliphatic rings. The van der Waals surface area contributed by atoms with E-state index in [4.69, 9.17) is 19.2 Å². The molecule has 0 saturated carbocycles. The molecular weight excluding hydrogens is 356 g/mol. The minimum atomic E-state index is -0.789. The fourth-order valence-electron chi connectivity index (χ4n) is 1.86. The van der Waals surface area contributed by atoms with Crippen molar-refractivity contribution >= 4 is 11.9 Å². The van der Waals surface area contributed by atoms with Crippen molar-refractivity contribution in [2.24, 2.45) is 0 Å². The first-order chi connectivity index (χ1) is 13.1. The molecule has 142 valence electrons. The normalized spacial score (nSPS) is 10.4. The first-order valence-corrected chi connectivity index (χ1v) is 7.78. The van der Waals surface area contributed by atoms with Gasteiger partial charge in [-0.1, -0.05) is 12.1 Å². The van der Waals surface area contributed by atoms with Crippen molar-refractivity contribution in [3.8, 4) is 11.5 Å². The standard InChI is InChI=1S/C19H18O8/c1-4-17(24-26-18(20)13-7-5-9-15(11-13)22-2)25-27-19(21)14-8-6-10-16(12-14)23-3/h5-12H,1,4H2,2-3H3. The lowest BCUT2D eigenvalue weighted by atomic mass is 10.2. The molecule has 2 radical (unpaired) electrons. The average Bonchev–Trinajstić information content (AvgIpc) is 2.73. The summed E-state index contributed by atoms with van der Waals surface area (Å²) in [5.74, 6) is -0.617. The minimum Gasteiger partial charge on any atom is -0.497 e. The molecular formula is C19H18O8. The van der Waals surface area contributed by atoms with Gasteiger partial charge in [0.1, 0.15) is 11.5 Å². The van der Waals surface area contributed by atoms with Crippen LogP contribution in [0.1, 0.15) is 27.1 Å². The van der Waals surface area contributed by atoms with Crippen LogP contribution >= 0.6 is 0 Å². The zero-order chi connectivity index (χ0) is 19.6. The van der Waals surface area contributed by atoms with Crippen LogP contribution in [0.5, 0.6) is 11.5 Å². The molecule has 0 aromatic heterocycles. The third kappa shape index (κ3) is 5.98. The maximum absolute atomic E-state index is 11.9. The Bertz CT molecular complexity index is 710. The lowest BCUT2D eigenvalue weighted by Crippen LogP contribution is -2.15. The van der Waals surface area contributed by atoms with Crippen molar-refractivity contribution < 1.29 is 38.6 Å². The highest BCUT2D eigenvalue weighted by Gasteiger charge is 2.20. The molecule has 0 saturated heterocycles. The highest BCUT2D eigenvalue weighted by molar-refractivity contribution is 5.89. The van der Waals surface area contributed by atoms with E-state index >= 15 is 0 Å². The van der Waals surface area contributed by atoms with Crippen molar-refractivity contribution in [1.29, 1.82) is 0 Å². The zero-order valence-electron chi connectivity index (χ0n) is 14.8. The Morgan fingerprint density at radius 2 is 1.22 bits per heavy atom. The van der Waals surface area contributed by atoms with Crippen LogP contribution in [0.2, 0.25) is 0 Å². The number of carbonyl (C=O) groups excluding carboxylic acids is 2. The molecule has 0 amide bonds. The van der Waals surface area contributed by atoms with E-state index in [9.17, 15) is 9.59 Å². The van der Waals surface area contributed by atoms with Crippen molar-refractivity contribution in [3.63, 3.8) is 0 Å². The van der Waals surface area contributed by atoms with Gasteiger partial charge < -0.3 is 9.47 Å². The van der Waals surface area contributed by atoms with Gasteiger partial charge in [-0.3, -0.25) is 9.78 Å². The average molecular weight is 374 g/mol. The third-order valence-electron chi connectivity index (χ3n) is 3.24. The first-order valence-electron chi connectivity index (χ1n) is 7.78. The van der Waals surface area contributed by atoms with Crippen LogP contribution < -0.4 is 9.47 Å². The predicted octanol–water partition coefficient (Wildman–Crippen LogP) is 3.29. The number of hydrogen-bond acceptors (Lipinski definition) is 8. The number of carbonyl (C=O) groups is 2. The molecule has 0 fully saturated rings. The Labute approximate surface area is 156 Å². The molecule has 0 aliphatic heterocycles. The van der Waals surface area contributed by atoms with Crippen molar-refractivity contribution in [2.45, 2.75) is 6.42 Å². The van der Waals surface area contributed by atoms with Crippen molar-refractivity contribution in [2.75, 3.05) is 14.2 Å². The summed E-state index contributed by atoms with van der Waals surface area (Å²) in [5, 5.41) is 0. The van der Waals surface area contributed by atoms with Gasteiger partial charge in [-0.2, -0.15) is 0 Å². The summed E-state index contributed by atoms with van der Waals surface area (Å²) in [7, 11) is 2.94. The van der Waals surface area contributed by atoms with Gasteiger partial charge in [-0.15, -0.1) is 9.78 Å². The zero-order valence-corrected chi connectivity index (χ0v) is 14.8. The number of rotatable bonds is 9. The van der Waals surface area contributed by atoms with Crippen LogP contribution in [0.4, 0.5) is 0 Å². The number of benzene rings is 2. The molecule has 0 spiro atoms. The molecule has 2 aromatic rings. The molecule has 0 atom stereocenters. The second-order valence-corrected chi connectivity index (χ2v) is 4.99. The number of methoxy groups -OCH3 is 2. The number of hydrogen-bond donors (Lipinski definition) is 0. The Kier molecular flexibility index (Phi) is 7.60. The minimum absolute atomic E-state index is 0.0726. The Hall–Kier alpha value is -3.10. The van der Waals surface area contributed by atoms with E-state index in [1.165, 1.54) is 38.5 Å². The SMILES string of the molecule is [CH2]C[C](OOC(=O)c1cccc(OC)c1)OOC(=O)c1cccc(OC)c1. The summed E-state index contributed by atoms with van der Waals surface area (Å²) in [6.45, 7) is 3.53. The predicted molar refractivity (Wildman–Crippen MR) is 92.2 cm³/mol. The maximum Gasteiger partial charge on any atom is 0.373 e. The van der Waals surface area contributed by atoms with Gasteiger partial charge in [0, 0.05) is 6.42 Å². The Morgan fingerprint density at radius 1 is 0.778 bits per heavy atom. The second kappa shape index (κ2) is 10.1. The summed E-state index contributed by atoms with van der Waals surface area (Å²) in [6, 6.07) is 12.6. The quantitative estimate of drug-likeness (QED) is 0.488. The third-order valence-corrected chi connectivity index (χ3v) is 3.24. The first kappa shape index (κ1) is 20.2. The topological polar surface area (TPSA) is 89.5 Å². The van der Waals surface area contributed by atoms with Crippen LogP contribution in [0.3, 0.4) is 0 Å². The summed E-state index contributed by atoms with van der Waals surface area (Å²) in [5.41, 5.74) is 0.400. The molecule has 0 aliphatic carbocycles. The van der Waals surface area contributed by atoms with Gasteiger partial charge in [0.25, 0.3) is 0 Å². The van der Waals surface area contributed by atoms with E-state index in [-0.39, 0.29) is 23.8 Å². The van der Waals surface area contributed by atoms with Crippen molar-refractivity contribution in [1.82, 2.24) is 0 Å². The van der Waals surface area contributed by atoms with E-state index in [0.717, 1.165) is 0 Å². The monoisotopic (exact) mass is 374 g/mol. The van der Waals surface area contributed by atoms with Crippen LogP contribution in [-0.4, -0.2) is 26.2 Å². The molecule has 2 rings (SSSR count). The van der Waals surface area contributed by atoms with Gasteiger partial charge >= 0.3 is 18.2 Å². The summed E-state index contributed by atoms with van der Waals surface area (Å²) < 4.78 is 10.0. The van der Waals surface area contributed by atoms with Gasteiger partial charge in [-0.25, -0.2) is 9.59 Å². The molecule has 0 heterocycles. The lowest BCUT2D eigenvalue weighted by Gasteiger charge is -2.12. The molecule has 8 heteroatoms.